The first kappa shape index (κ1) is 33.6. The maximum absolute atomic E-state index is 15.1. The zero-order chi connectivity index (χ0) is 33.4. The van der Waals surface area contributed by atoms with Gasteiger partial charge in [-0.3, -0.25) is 13.9 Å². The second-order valence-corrected chi connectivity index (χ2v) is 13.3. The summed E-state index contributed by atoms with van der Waals surface area (Å²) in [5.41, 5.74) is 0.974. The van der Waals surface area contributed by atoms with E-state index in [-0.39, 0.29) is 35.2 Å². The molecule has 0 bridgehead atoms. The monoisotopic (exact) mass is 661 g/mol. The molecule has 246 valence electrons. The van der Waals surface area contributed by atoms with Crippen LogP contribution in [0.5, 0.6) is 5.75 Å². The van der Waals surface area contributed by atoms with Crippen molar-refractivity contribution in [3.63, 3.8) is 0 Å². The zero-order valence-electron chi connectivity index (χ0n) is 26.0. The highest BCUT2D eigenvalue weighted by atomic mass is 32.2. The number of nitrogens with zero attached hydrogens (tertiary/aromatic N) is 2. The Labute approximate surface area is 274 Å². The van der Waals surface area contributed by atoms with Crippen LogP contribution in [-0.4, -0.2) is 50.9 Å². The number of halogens is 2. The molecular weight excluding hydrogens is 624 g/mol. The maximum Gasteiger partial charge on any atom is 0.264 e. The number of carbonyl (C=O) groups is 2. The lowest BCUT2D eigenvalue weighted by atomic mass is 10.0. The Balaban J connectivity index is 1.56. The highest BCUT2D eigenvalue weighted by Crippen LogP contribution is 2.27. The van der Waals surface area contributed by atoms with Gasteiger partial charge in [0.05, 0.1) is 17.7 Å². The third kappa shape index (κ3) is 8.34. The van der Waals surface area contributed by atoms with Crippen LogP contribution < -0.4 is 14.4 Å². The Hall–Kier alpha value is -4.77. The SMILES string of the molecule is COc1ccc(S(=O)(=O)N(CC(=O)N(Cc2ccccc2F)C(Cc2ccccc2)C(=O)NC2CCCC2)c2ccc(F)cc2)cc1. The van der Waals surface area contributed by atoms with E-state index in [2.05, 4.69) is 5.32 Å². The van der Waals surface area contributed by atoms with Crippen LogP contribution >= 0.6 is 0 Å². The molecule has 0 heterocycles. The van der Waals surface area contributed by atoms with Crippen LogP contribution in [-0.2, 0) is 32.6 Å². The molecule has 0 saturated heterocycles. The summed E-state index contributed by atoms with van der Waals surface area (Å²) in [7, 11) is -2.94. The summed E-state index contributed by atoms with van der Waals surface area (Å²) >= 11 is 0. The van der Waals surface area contributed by atoms with Crippen molar-refractivity contribution < 1.29 is 31.5 Å². The van der Waals surface area contributed by atoms with Gasteiger partial charge in [-0.05, 0) is 73.0 Å². The van der Waals surface area contributed by atoms with Gasteiger partial charge in [-0.2, -0.15) is 0 Å². The van der Waals surface area contributed by atoms with Gasteiger partial charge in [-0.15, -0.1) is 0 Å². The van der Waals surface area contributed by atoms with E-state index in [1.54, 1.807) is 6.07 Å². The minimum absolute atomic E-state index is 0.0384. The Morgan fingerprint density at radius 2 is 1.51 bits per heavy atom. The maximum atomic E-state index is 15.1. The number of rotatable bonds is 13. The number of benzene rings is 4. The fourth-order valence-electron chi connectivity index (χ4n) is 5.74. The molecule has 4 aromatic carbocycles. The molecule has 2 amide bonds. The first-order valence-corrected chi connectivity index (χ1v) is 16.9. The lowest BCUT2D eigenvalue weighted by molar-refractivity contribution is -0.140. The van der Waals surface area contributed by atoms with Crippen LogP contribution in [0.4, 0.5) is 14.5 Å². The molecule has 1 aliphatic rings. The average molecular weight is 662 g/mol. The Morgan fingerprint density at radius 3 is 2.15 bits per heavy atom. The van der Waals surface area contributed by atoms with Crippen molar-refractivity contribution in [2.45, 2.75) is 55.6 Å². The summed E-state index contributed by atoms with van der Waals surface area (Å²) in [4.78, 5) is 29.6. The van der Waals surface area contributed by atoms with E-state index in [9.17, 15) is 22.4 Å². The minimum Gasteiger partial charge on any atom is -0.497 e. The van der Waals surface area contributed by atoms with Gasteiger partial charge in [-0.25, -0.2) is 17.2 Å². The lowest BCUT2D eigenvalue weighted by Gasteiger charge is -2.34. The normalized spacial score (nSPS) is 13.9. The zero-order valence-corrected chi connectivity index (χ0v) is 26.8. The first-order chi connectivity index (χ1) is 22.7. The molecule has 47 heavy (non-hydrogen) atoms. The van der Waals surface area contributed by atoms with Crippen LogP contribution in [0.2, 0.25) is 0 Å². The van der Waals surface area contributed by atoms with Crippen LogP contribution in [0, 0.1) is 11.6 Å². The fraction of sp³-hybridized carbons (Fsp3) is 0.278. The summed E-state index contributed by atoms with van der Waals surface area (Å²) in [6, 6.07) is 24.3. The van der Waals surface area contributed by atoms with Gasteiger partial charge in [-0.1, -0.05) is 61.4 Å². The third-order valence-corrected chi connectivity index (χ3v) is 10.1. The van der Waals surface area contributed by atoms with Gasteiger partial charge in [0.1, 0.15) is 30.0 Å². The number of ether oxygens (including phenoxy) is 1. The Bertz CT molecular complexity index is 1760. The average Bonchev–Trinajstić information content (AvgIpc) is 3.60. The van der Waals surface area contributed by atoms with Crippen molar-refractivity contribution in [1.29, 1.82) is 0 Å². The molecule has 8 nitrogen and oxygen atoms in total. The molecule has 5 rings (SSSR count). The summed E-state index contributed by atoms with van der Waals surface area (Å²) in [5, 5.41) is 3.08. The summed E-state index contributed by atoms with van der Waals surface area (Å²) in [6.45, 7) is -1.03. The van der Waals surface area contributed by atoms with E-state index < -0.39 is 46.1 Å². The quantitative estimate of drug-likeness (QED) is 0.194. The molecule has 1 atom stereocenters. The van der Waals surface area contributed by atoms with Gasteiger partial charge >= 0.3 is 0 Å². The van der Waals surface area contributed by atoms with E-state index in [4.69, 9.17) is 4.74 Å². The van der Waals surface area contributed by atoms with Gasteiger partial charge in [0, 0.05) is 24.6 Å². The number of hydrogen-bond acceptors (Lipinski definition) is 5. The molecule has 1 unspecified atom stereocenters. The van der Waals surface area contributed by atoms with E-state index in [1.165, 1.54) is 66.6 Å². The largest absolute Gasteiger partial charge is 0.497 e. The molecule has 4 aromatic rings. The highest BCUT2D eigenvalue weighted by molar-refractivity contribution is 7.92. The smallest absolute Gasteiger partial charge is 0.264 e. The predicted octanol–water partition coefficient (Wildman–Crippen LogP) is 5.87. The van der Waals surface area contributed by atoms with Crippen LogP contribution in [0.3, 0.4) is 0 Å². The molecule has 1 aliphatic carbocycles. The summed E-state index contributed by atoms with van der Waals surface area (Å²) < 4.78 is 63.3. The third-order valence-electron chi connectivity index (χ3n) is 8.31. The van der Waals surface area contributed by atoms with Crippen molar-refractivity contribution in [3.05, 3.63) is 126 Å². The van der Waals surface area contributed by atoms with E-state index in [1.807, 2.05) is 30.3 Å². The summed E-state index contributed by atoms with van der Waals surface area (Å²) in [5.74, 6) is -1.87. The van der Waals surface area contributed by atoms with E-state index in [0.29, 0.717) is 5.75 Å². The molecule has 0 spiro atoms. The predicted molar refractivity (Wildman–Crippen MR) is 175 cm³/mol. The number of sulfonamides is 1. The molecule has 1 N–H and O–H groups in total. The number of amides is 2. The molecule has 1 saturated carbocycles. The van der Waals surface area contributed by atoms with Gasteiger partial charge in [0.25, 0.3) is 10.0 Å². The lowest BCUT2D eigenvalue weighted by Crippen LogP contribution is -2.54. The van der Waals surface area contributed by atoms with Gasteiger partial charge in [0.2, 0.25) is 11.8 Å². The van der Waals surface area contributed by atoms with Gasteiger partial charge < -0.3 is 15.0 Å². The number of nitrogens with one attached hydrogen (secondary N) is 1. The van der Waals surface area contributed by atoms with Crippen LogP contribution in [0.15, 0.2) is 108 Å². The number of methoxy groups -OCH3 is 1. The first-order valence-electron chi connectivity index (χ1n) is 15.5. The van der Waals surface area contributed by atoms with Crippen LogP contribution in [0.1, 0.15) is 36.8 Å². The molecule has 0 radical (unpaired) electrons. The Morgan fingerprint density at radius 1 is 0.872 bits per heavy atom. The van der Waals surface area contributed by atoms with Gasteiger partial charge in [0.15, 0.2) is 0 Å². The van der Waals surface area contributed by atoms with Crippen molar-refractivity contribution >= 4 is 27.5 Å². The van der Waals surface area contributed by atoms with E-state index in [0.717, 1.165) is 47.7 Å². The highest BCUT2D eigenvalue weighted by Gasteiger charge is 2.36. The molecule has 0 aliphatic heterocycles. The summed E-state index contributed by atoms with van der Waals surface area (Å²) in [6.07, 6.45) is 3.68. The molecule has 1 fully saturated rings. The van der Waals surface area contributed by atoms with Crippen molar-refractivity contribution in [1.82, 2.24) is 10.2 Å². The molecule has 11 heteroatoms. The van der Waals surface area contributed by atoms with Crippen molar-refractivity contribution in [2.24, 2.45) is 0 Å². The van der Waals surface area contributed by atoms with Crippen molar-refractivity contribution in [3.8, 4) is 5.75 Å². The number of anilines is 1. The Kier molecular flexibility index (Phi) is 10.9. The van der Waals surface area contributed by atoms with Crippen molar-refractivity contribution in [2.75, 3.05) is 18.0 Å². The van der Waals surface area contributed by atoms with Crippen LogP contribution in [0.25, 0.3) is 0 Å². The number of carbonyl (C=O) groups excluding carboxylic acids is 2. The molecule has 0 aromatic heterocycles. The topological polar surface area (TPSA) is 96.0 Å². The minimum atomic E-state index is -4.39. The standard InChI is InChI=1S/C36H37F2N3O5S/c1-46-31-19-21-32(22-20-31)47(44,45)41(30-17-15-28(37)16-18-30)25-35(42)40(24-27-11-5-8-14-33(27)38)34(23-26-9-3-2-4-10-26)36(43)39-29-12-6-7-13-29/h2-5,8-11,14-22,29,34H,6-7,12-13,23-25H2,1H3,(H,39,43). The fourth-order valence-corrected chi connectivity index (χ4v) is 7.16. The molecular formula is C36H37F2N3O5S. The second kappa shape index (κ2) is 15.2. The van der Waals surface area contributed by atoms with E-state index >= 15 is 4.39 Å². The second-order valence-electron chi connectivity index (χ2n) is 11.5. The number of hydrogen-bond donors (Lipinski definition) is 1.